The van der Waals surface area contributed by atoms with Gasteiger partial charge in [0.25, 0.3) is 0 Å². The molecule has 0 aliphatic heterocycles. The first-order valence-corrected chi connectivity index (χ1v) is 7.31. The number of aliphatic hydroxyl groups excluding tert-OH is 1. The van der Waals surface area contributed by atoms with Gasteiger partial charge in [-0.2, -0.15) is 5.26 Å². The molecular formula is C12H15N3O3S. The van der Waals surface area contributed by atoms with Crippen LogP contribution in [-0.4, -0.2) is 26.7 Å². The first kappa shape index (κ1) is 13.8. The van der Waals surface area contributed by atoms with Gasteiger partial charge in [-0.25, -0.2) is 13.1 Å². The number of hydrogen-bond acceptors (Lipinski definition) is 5. The minimum atomic E-state index is -3.71. The minimum Gasteiger partial charge on any atom is -0.398 e. The van der Waals surface area contributed by atoms with E-state index in [4.69, 9.17) is 16.1 Å². The first-order valence-electron chi connectivity index (χ1n) is 5.83. The lowest BCUT2D eigenvalue weighted by molar-refractivity contribution is 0.213. The average Bonchev–Trinajstić information content (AvgIpc) is 3.17. The summed E-state index contributed by atoms with van der Waals surface area (Å²) in [6.07, 6.45) is 1.63. The van der Waals surface area contributed by atoms with E-state index in [1.807, 2.05) is 6.07 Å². The molecule has 0 saturated heterocycles. The summed E-state index contributed by atoms with van der Waals surface area (Å²) in [5.74, 6) is 0. The maximum Gasteiger partial charge on any atom is 0.242 e. The molecule has 4 N–H and O–H groups in total. The van der Waals surface area contributed by atoms with E-state index in [1.54, 1.807) is 0 Å². The highest BCUT2D eigenvalue weighted by molar-refractivity contribution is 7.89. The summed E-state index contributed by atoms with van der Waals surface area (Å²) in [6.45, 7) is 0.170. The molecule has 0 aromatic heterocycles. The number of nitrogens with zero attached hydrogens (tertiary/aromatic N) is 1. The molecule has 0 spiro atoms. The van der Waals surface area contributed by atoms with Crippen molar-refractivity contribution in [1.82, 2.24) is 4.72 Å². The maximum absolute atomic E-state index is 12.1. The van der Waals surface area contributed by atoms with Gasteiger partial charge < -0.3 is 10.8 Å². The van der Waals surface area contributed by atoms with Crippen molar-refractivity contribution in [3.63, 3.8) is 0 Å². The summed E-state index contributed by atoms with van der Waals surface area (Å²) in [7, 11) is -3.71. The number of rotatable bonds is 5. The third-order valence-electron chi connectivity index (χ3n) is 3.36. The summed E-state index contributed by atoms with van der Waals surface area (Å²) in [4.78, 5) is -0.0414. The van der Waals surface area contributed by atoms with E-state index < -0.39 is 10.0 Å². The molecule has 2 rings (SSSR count). The van der Waals surface area contributed by atoms with E-state index in [1.165, 1.54) is 18.2 Å². The molecule has 19 heavy (non-hydrogen) atoms. The van der Waals surface area contributed by atoms with Crippen LogP contribution in [0, 0.1) is 16.7 Å². The second-order valence-corrected chi connectivity index (χ2v) is 6.58. The quantitative estimate of drug-likeness (QED) is 0.666. The smallest absolute Gasteiger partial charge is 0.242 e. The summed E-state index contributed by atoms with van der Waals surface area (Å²) in [6, 6.07) is 5.94. The largest absolute Gasteiger partial charge is 0.398 e. The molecule has 0 radical (unpaired) electrons. The van der Waals surface area contributed by atoms with Gasteiger partial charge in [-0.05, 0) is 31.0 Å². The van der Waals surface area contributed by atoms with Crippen molar-refractivity contribution >= 4 is 15.7 Å². The Kier molecular flexibility index (Phi) is 3.49. The normalized spacial score (nSPS) is 16.8. The van der Waals surface area contributed by atoms with E-state index in [9.17, 15) is 8.42 Å². The zero-order chi connectivity index (χ0) is 14.1. The fraction of sp³-hybridized carbons (Fsp3) is 0.417. The van der Waals surface area contributed by atoms with Crippen LogP contribution in [0.3, 0.4) is 0 Å². The Morgan fingerprint density at radius 2 is 2.16 bits per heavy atom. The molecular weight excluding hydrogens is 266 g/mol. The monoisotopic (exact) mass is 281 g/mol. The summed E-state index contributed by atoms with van der Waals surface area (Å²) in [5.41, 5.74) is 5.69. The Balaban J connectivity index is 2.18. The van der Waals surface area contributed by atoms with Gasteiger partial charge in [0, 0.05) is 18.6 Å². The molecule has 1 aromatic carbocycles. The second-order valence-electron chi connectivity index (χ2n) is 4.85. The average molecular weight is 281 g/mol. The van der Waals surface area contributed by atoms with Crippen LogP contribution in [0.5, 0.6) is 0 Å². The Hall–Kier alpha value is -1.62. The molecule has 1 aliphatic carbocycles. The number of nitriles is 1. The lowest BCUT2D eigenvalue weighted by Gasteiger charge is -2.14. The van der Waals surface area contributed by atoms with Gasteiger partial charge in [0.1, 0.15) is 4.90 Å². The molecule has 1 aliphatic rings. The second kappa shape index (κ2) is 4.81. The van der Waals surface area contributed by atoms with Crippen molar-refractivity contribution in [3.8, 4) is 6.07 Å². The highest BCUT2D eigenvalue weighted by atomic mass is 32.2. The molecule has 1 aromatic rings. The van der Waals surface area contributed by atoms with E-state index in [2.05, 4.69) is 4.72 Å². The predicted octanol–water partition coefficient (Wildman–Crippen LogP) is 0.191. The van der Waals surface area contributed by atoms with Gasteiger partial charge in [0.2, 0.25) is 10.0 Å². The van der Waals surface area contributed by atoms with Gasteiger partial charge in [0.05, 0.1) is 17.3 Å². The molecule has 1 fully saturated rings. The molecule has 0 unspecified atom stereocenters. The minimum absolute atomic E-state index is 0.0294. The fourth-order valence-electron chi connectivity index (χ4n) is 1.76. The van der Waals surface area contributed by atoms with Crippen LogP contribution in [0.4, 0.5) is 5.69 Å². The number of nitrogen functional groups attached to an aromatic ring is 1. The Bertz CT molecular complexity index is 630. The summed E-state index contributed by atoms with van der Waals surface area (Å²) >= 11 is 0. The SMILES string of the molecule is N#Cc1ccc(S(=O)(=O)NCC2(CO)CC2)c(N)c1. The third-order valence-corrected chi connectivity index (χ3v) is 4.83. The predicted molar refractivity (Wildman–Crippen MR) is 69.5 cm³/mol. The molecule has 7 heteroatoms. The molecule has 0 atom stereocenters. The number of sulfonamides is 1. The summed E-state index contributed by atoms with van der Waals surface area (Å²) < 4.78 is 26.6. The molecule has 102 valence electrons. The number of benzene rings is 1. The van der Waals surface area contributed by atoms with Crippen molar-refractivity contribution in [2.45, 2.75) is 17.7 Å². The van der Waals surface area contributed by atoms with E-state index >= 15 is 0 Å². The topological polar surface area (TPSA) is 116 Å². The molecule has 0 amide bonds. The van der Waals surface area contributed by atoms with Crippen LogP contribution in [-0.2, 0) is 10.0 Å². The Morgan fingerprint density at radius 3 is 2.63 bits per heavy atom. The highest BCUT2D eigenvalue weighted by Gasteiger charge is 2.42. The van der Waals surface area contributed by atoms with Crippen LogP contribution in [0.25, 0.3) is 0 Å². The van der Waals surface area contributed by atoms with Crippen molar-refractivity contribution in [1.29, 1.82) is 5.26 Å². The van der Waals surface area contributed by atoms with Gasteiger partial charge in [0.15, 0.2) is 0 Å². The van der Waals surface area contributed by atoms with Gasteiger partial charge in [-0.3, -0.25) is 0 Å². The van der Waals surface area contributed by atoms with Crippen LogP contribution >= 0.6 is 0 Å². The number of aliphatic hydroxyl groups is 1. The van der Waals surface area contributed by atoms with Crippen molar-refractivity contribution in [3.05, 3.63) is 23.8 Å². The lowest BCUT2D eigenvalue weighted by Crippen LogP contribution is -2.32. The Labute approximate surface area is 111 Å². The van der Waals surface area contributed by atoms with Gasteiger partial charge in [-0.15, -0.1) is 0 Å². The van der Waals surface area contributed by atoms with Crippen molar-refractivity contribution in [2.24, 2.45) is 5.41 Å². The third kappa shape index (κ3) is 2.87. The van der Waals surface area contributed by atoms with E-state index in [-0.39, 0.29) is 29.1 Å². The van der Waals surface area contributed by atoms with Crippen LogP contribution in [0.1, 0.15) is 18.4 Å². The molecule has 0 bridgehead atoms. The van der Waals surface area contributed by atoms with E-state index in [0.29, 0.717) is 5.56 Å². The zero-order valence-electron chi connectivity index (χ0n) is 10.3. The van der Waals surface area contributed by atoms with Crippen LogP contribution < -0.4 is 10.5 Å². The lowest BCUT2D eigenvalue weighted by atomic mass is 10.1. The molecule has 6 nitrogen and oxygen atoms in total. The summed E-state index contributed by atoms with van der Waals surface area (Å²) in [5, 5.41) is 17.9. The number of nitrogens with two attached hydrogens (primary N) is 1. The van der Waals surface area contributed by atoms with Gasteiger partial charge in [-0.1, -0.05) is 0 Å². The fourth-order valence-corrected chi connectivity index (χ4v) is 3.02. The zero-order valence-corrected chi connectivity index (χ0v) is 11.1. The number of nitrogens with one attached hydrogen (secondary N) is 1. The van der Waals surface area contributed by atoms with Crippen LogP contribution in [0.15, 0.2) is 23.1 Å². The standard InChI is InChI=1S/C12H15N3O3S/c13-6-9-1-2-11(10(14)5-9)19(17,18)15-7-12(8-16)3-4-12/h1-2,5,15-16H,3-4,7-8,14H2. The molecule has 1 saturated carbocycles. The van der Waals surface area contributed by atoms with Crippen LogP contribution in [0.2, 0.25) is 0 Å². The van der Waals surface area contributed by atoms with Crippen molar-refractivity contribution in [2.75, 3.05) is 18.9 Å². The number of anilines is 1. The molecule has 0 heterocycles. The van der Waals surface area contributed by atoms with Gasteiger partial charge >= 0.3 is 0 Å². The number of hydrogen-bond donors (Lipinski definition) is 3. The highest BCUT2D eigenvalue weighted by Crippen LogP contribution is 2.44. The first-order chi connectivity index (χ1) is 8.92. The maximum atomic E-state index is 12.1. The van der Waals surface area contributed by atoms with Crippen molar-refractivity contribution < 1.29 is 13.5 Å². The Morgan fingerprint density at radius 1 is 1.47 bits per heavy atom. The van der Waals surface area contributed by atoms with E-state index in [0.717, 1.165) is 12.8 Å².